The maximum atomic E-state index is 10.5. The molecule has 0 amide bonds. The van der Waals surface area contributed by atoms with Crippen LogP contribution in [0.4, 0.5) is 4.79 Å². The van der Waals surface area contributed by atoms with Crippen LogP contribution in [0.15, 0.2) is 18.2 Å². The summed E-state index contributed by atoms with van der Waals surface area (Å²) in [5.74, 6) is 0.821. The molecule has 0 aromatic heterocycles. The first-order valence-electron chi connectivity index (χ1n) is 3.65. The van der Waals surface area contributed by atoms with Gasteiger partial charge < -0.3 is 9.47 Å². The van der Waals surface area contributed by atoms with E-state index < -0.39 is 5.43 Å². The van der Waals surface area contributed by atoms with E-state index in [9.17, 15) is 4.79 Å². The van der Waals surface area contributed by atoms with Gasteiger partial charge in [-0.2, -0.15) is 0 Å². The van der Waals surface area contributed by atoms with Crippen molar-refractivity contribution in [1.82, 2.24) is 0 Å². The summed E-state index contributed by atoms with van der Waals surface area (Å²) in [6.07, 6.45) is 0. The number of carbonyl (C=O) groups is 1. The minimum atomic E-state index is -0.873. The third kappa shape index (κ3) is 2.63. The first kappa shape index (κ1) is 9.86. The maximum Gasteiger partial charge on any atom is 0.409 e. The summed E-state index contributed by atoms with van der Waals surface area (Å²) in [6.45, 7) is 1.91. The lowest BCUT2D eigenvalue weighted by Gasteiger charge is -2.07. The highest BCUT2D eigenvalue weighted by Crippen LogP contribution is 2.28. The second-order valence-corrected chi connectivity index (χ2v) is 2.80. The average Bonchev–Trinajstić information content (AvgIpc) is 2.07. The average molecular weight is 201 g/mol. The summed E-state index contributed by atoms with van der Waals surface area (Å²) in [4.78, 5) is 10.5. The van der Waals surface area contributed by atoms with Crippen LogP contribution >= 0.6 is 11.6 Å². The summed E-state index contributed by atoms with van der Waals surface area (Å²) >= 11 is 5.06. The van der Waals surface area contributed by atoms with Crippen LogP contribution in [0.3, 0.4) is 0 Å². The number of carbonyl (C=O) groups excluding carboxylic acids is 1. The maximum absolute atomic E-state index is 10.5. The van der Waals surface area contributed by atoms with E-state index in [1.54, 1.807) is 18.2 Å². The van der Waals surface area contributed by atoms with E-state index in [0.29, 0.717) is 11.5 Å². The predicted octanol–water partition coefficient (Wildman–Crippen LogP) is 2.74. The SMILES string of the molecule is COc1cc(C)ccc1OC(=O)Cl. The molecule has 0 radical (unpaired) electrons. The van der Waals surface area contributed by atoms with Crippen molar-refractivity contribution in [2.45, 2.75) is 6.92 Å². The normalized spacial score (nSPS) is 9.46. The minimum Gasteiger partial charge on any atom is -0.493 e. The molecule has 3 nitrogen and oxygen atoms in total. The van der Waals surface area contributed by atoms with Crippen molar-refractivity contribution in [2.75, 3.05) is 7.11 Å². The van der Waals surface area contributed by atoms with Crippen molar-refractivity contribution < 1.29 is 14.3 Å². The lowest BCUT2D eigenvalue weighted by atomic mass is 10.2. The Morgan fingerprint density at radius 1 is 1.38 bits per heavy atom. The van der Waals surface area contributed by atoms with Gasteiger partial charge in [-0.3, -0.25) is 0 Å². The van der Waals surface area contributed by atoms with Gasteiger partial charge >= 0.3 is 5.43 Å². The van der Waals surface area contributed by atoms with Crippen LogP contribution in [-0.2, 0) is 0 Å². The molecule has 0 spiro atoms. The smallest absolute Gasteiger partial charge is 0.409 e. The fraction of sp³-hybridized carbons (Fsp3) is 0.222. The van der Waals surface area contributed by atoms with Gasteiger partial charge in [-0.1, -0.05) is 6.07 Å². The number of halogens is 1. The zero-order valence-electron chi connectivity index (χ0n) is 7.33. The van der Waals surface area contributed by atoms with E-state index in [2.05, 4.69) is 0 Å². The van der Waals surface area contributed by atoms with Gasteiger partial charge in [0.1, 0.15) is 0 Å². The number of aryl methyl sites for hydroxylation is 1. The second kappa shape index (κ2) is 4.14. The summed E-state index contributed by atoms with van der Waals surface area (Å²) in [5.41, 5.74) is 0.147. The van der Waals surface area contributed by atoms with Gasteiger partial charge in [0.05, 0.1) is 7.11 Å². The van der Waals surface area contributed by atoms with Crippen molar-refractivity contribution in [2.24, 2.45) is 0 Å². The lowest BCUT2D eigenvalue weighted by molar-refractivity contribution is 0.223. The first-order chi connectivity index (χ1) is 6.13. The van der Waals surface area contributed by atoms with E-state index in [-0.39, 0.29) is 0 Å². The van der Waals surface area contributed by atoms with Gasteiger partial charge in [-0.25, -0.2) is 4.79 Å². The van der Waals surface area contributed by atoms with Crippen LogP contribution in [0.2, 0.25) is 0 Å². The van der Waals surface area contributed by atoms with Crippen molar-refractivity contribution in [3.8, 4) is 11.5 Å². The summed E-state index contributed by atoms with van der Waals surface area (Å²) < 4.78 is 9.68. The van der Waals surface area contributed by atoms with E-state index in [4.69, 9.17) is 21.1 Å². The Morgan fingerprint density at radius 2 is 2.08 bits per heavy atom. The molecule has 0 atom stereocenters. The van der Waals surface area contributed by atoms with Gasteiger partial charge in [0.15, 0.2) is 11.5 Å². The molecule has 0 saturated carbocycles. The standard InChI is InChI=1S/C9H9ClO3/c1-6-3-4-7(13-9(10)11)8(5-6)12-2/h3-5H,1-2H3. The Labute approximate surface area is 81.2 Å². The van der Waals surface area contributed by atoms with Crippen LogP contribution in [0, 0.1) is 6.92 Å². The van der Waals surface area contributed by atoms with Crippen LogP contribution < -0.4 is 9.47 Å². The van der Waals surface area contributed by atoms with Gasteiger partial charge in [-0.05, 0) is 24.6 Å². The van der Waals surface area contributed by atoms with Crippen LogP contribution in [0.5, 0.6) is 11.5 Å². The lowest BCUT2D eigenvalue weighted by Crippen LogP contribution is -1.98. The third-order valence-electron chi connectivity index (χ3n) is 1.51. The van der Waals surface area contributed by atoms with E-state index in [1.807, 2.05) is 6.92 Å². The molecule has 0 N–H and O–H groups in total. The Morgan fingerprint density at radius 3 is 2.62 bits per heavy atom. The number of rotatable bonds is 2. The highest BCUT2D eigenvalue weighted by molar-refractivity contribution is 6.61. The number of benzene rings is 1. The molecule has 0 unspecified atom stereocenters. The van der Waals surface area contributed by atoms with E-state index in [0.717, 1.165) is 5.56 Å². The molecule has 0 bridgehead atoms. The number of ether oxygens (including phenoxy) is 2. The predicted molar refractivity (Wildman–Crippen MR) is 49.6 cm³/mol. The number of methoxy groups -OCH3 is 1. The van der Waals surface area contributed by atoms with Crippen molar-refractivity contribution in [3.63, 3.8) is 0 Å². The van der Waals surface area contributed by atoms with Crippen molar-refractivity contribution >= 4 is 17.0 Å². The van der Waals surface area contributed by atoms with Crippen molar-refractivity contribution in [3.05, 3.63) is 23.8 Å². The second-order valence-electron chi connectivity index (χ2n) is 2.49. The van der Waals surface area contributed by atoms with Gasteiger partial charge in [0, 0.05) is 11.6 Å². The summed E-state index contributed by atoms with van der Waals surface area (Å²) in [7, 11) is 1.50. The fourth-order valence-corrected chi connectivity index (χ4v) is 1.03. The number of hydrogen-bond donors (Lipinski definition) is 0. The highest BCUT2D eigenvalue weighted by Gasteiger charge is 2.07. The van der Waals surface area contributed by atoms with Gasteiger partial charge in [-0.15, -0.1) is 0 Å². The van der Waals surface area contributed by atoms with Crippen LogP contribution in [0.25, 0.3) is 0 Å². The summed E-state index contributed by atoms with van der Waals surface area (Å²) in [5, 5.41) is 0. The van der Waals surface area contributed by atoms with Gasteiger partial charge in [0.25, 0.3) is 0 Å². The zero-order chi connectivity index (χ0) is 9.84. The van der Waals surface area contributed by atoms with Crippen LogP contribution in [0.1, 0.15) is 5.56 Å². The fourth-order valence-electron chi connectivity index (χ4n) is 0.946. The quantitative estimate of drug-likeness (QED) is 0.689. The molecule has 0 heterocycles. The van der Waals surface area contributed by atoms with E-state index in [1.165, 1.54) is 7.11 Å². The molecule has 0 aliphatic carbocycles. The molecule has 1 aromatic carbocycles. The summed E-state index contributed by atoms with van der Waals surface area (Å²) in [6, 6.07) is 5.20. The largest absolute Gasteiger partial charge is 0.493 e. The first-order valence-corrected chi connectivity index (χ1v) is 4.03. The Kier molecular flexibility index (Phi) is 3.14. The Hall–Kier alpha value is -1.22. The molecule has 0 saturated heterocycles. The van der Waals surface area contributed by atoms with Crippen LogP contribution in [-0.4, -0.2) is 12.5 Å². The van der Waals surface area contributed by atoms with Crippen molar-refractivity contribution in [1.29, 1.82) is 0 Å². The molecule has 1 rings (SSSR count). The highest BCUT2D eigenvalue weighted by atomic mass is 35.5. The minimum absolute atomic E-state index is 0.327. The molecule has 0 fully saturated rings. The monoisotopic (exact) mass is 200 g/mol. The Balaban J connectivity index is 2.99. The third-order valence-corrected chi connectivity index (χ3v) is 1.59. The molecular formula is C9H9ClO3. The molecule has 70 valence electrons. The molecule has 0 aliphatic rings. The molecule has 4 heteroatoms. The van der Waals surface area contributed by atoms with E-state index >= 15 is 0 Å². The molecule has 13 heavy (non-hydrogen) atoms. The molecule has 1 aromatic rings. The molecule has 0 aliphatic heterocycles. The van der Waals surface area contributed by atoms with Gasteiger partial charge in [0.2, 0.25) is 0 Å². The Bertz CT molecular complexity index is 323. The number of hydrogen-bond acceptors (Lipinski definition) is 3. The molecular weight excluding hydrogens is 192 g/mol. The topological polar surface area (TPSA) is 35.5 Å². The zero-order valence-corrected chi connectivity index (χ0v) is 8.09.